The number of carbonyl (C=O) groups is 1. The maximum atomic E-state index is 12.5. The summed E-state index contributed by atoms with van der Waals surface area (Å²) in [5.41, 5.74) is 0.637. The molecule has 4 rings (SSSR count). The Hall–Kier alpha value is -2.54. The summed E-state index contributed by atoms with van der Waals surface area (Å²) in [5.74, 6) is 1.93. The molecule has 2 amide bonds. The van der Waals surface area contributed by atoms with Gasteiger partial charge in [0, 0.05) is 45.3 Å². The minimum absolute atomic E-state index is 0.122. The topological polar surface area (TPSA) is 64.6 Å². The molecule has 7 nitrogen and oxygen atoms in total. The third-order valence-electron chi connectivity index (χ3n) is 5.07. The largest absolute Gasteiger partial charge is 0.356 e. The Balaban J connectivity index is 1.35. The summed E-state index contributed by atoms with van der Waals surface area (Å²) < 4.78 is 0. The number of piperazine rings is 1. The minimum Gasteiger partial charge on any atom is -0.356 e. The molecule has 0 radical (unpaired) electrons. The van der Waals surface area contributed by atoms with Crippen LogP contribution in [0.4, 0.5) is 22.1 Å². The van der Waals surface area contributed by atoms with Crippen molar-refractivity contribution in [3.05, 3.63) is 41.7 Å². The molecule has 2 aliphatic rings. The molecular weight excluding hydrogens is 364 g/mol. The number of hydrogen-bond donors (Lipinski definition) is 1. The van der Waals surface area contributed by atoms with E-state index >= 15 is 0 Å². The number of para-hydroxylation sites is 1. The number of nitrogens with one attached hydrogen (secondary N) is 1. The molecule has 2 aliphatic heterocycles. The molecule has 2 fully saturated rings. The quantitative estimate of drug-likeness (QED) is 0.878. The highest BCUT2D eigenvalue weighted by Crippen LogP contribution is 2.23. The molecule has 0 unspecified atom stereocenters. The number of urea groups is 1. The van der Waals surface area contributed by atoms with Crippen LogP contribution in [0.15, 0.2) is 36.7 Å². The van der Waals surface area contributed by atoms with E-state index in [1.165, 1.54) is 12.8 Å². The monoisotopic (exact) mass is 386 g/mol. The molecule has 0 atom stereocenters. The normalized spacial score (nSPS) is 17.3. The van der Waals surface area contributed by atoms with Crippen molar-refractivity contribution < 1.29 is 4.79 Å². The van der Waals surface area contributed by atoms with Crippen molar-refractivity contribution in [3.63, 3.8) is 0 Å². The Morgan fingerprint density at radius 3 is 2.22 bits per heavy atom. The molecule has 2 aromatic rings. The van der Waals surface area contributed by atoms with Crippen LogP contribution in [0.25, 0.3) is 0 Å². The van der Waals surface area contributed by atoms with Gasteiger partial charge < -0.3 is 20.0 Å². The van der Waals surface area contributed by atoms with Crippen molar-refractivity contribution in [1.29, 1.82) is 0 Å². The molecule has 8 heteroatoms. The summed E-state index contributed by atoms with van der Waals surface area (Å²) in [7, 11) is 0. The Morgan fingerprint density at radius 2 is 1.56 bits per heavy atom. The van der Waals surface area contributed by atoms with Crippen LogP contribution >= 0.6 is 11.6 Å². The van der Waals surface area contributed by atoms with E-state index in [0.717, 1.165) is 37.8 Å². The number of anilines is 3. The third kappa shape index (κ3) is 4.08. The predicted molar refractivity (Wildman–Crippen MR) is 108 cm³/mol. The lowest BCUT2D eigenvalue weighted by Gasteiger charge is -2.35. The van der Waals surface area contributed by atoms with E-state index in [0.29, 0.717) is 23.8 Å². The summed E-state index contributed by atoms with van der Waals surface area (Å²) in [6.07, 6.45) is 4.08. The zero-order valence-electron chi connectivity index (χ0n) is 15.1. The van der Waals surface area contributed by atoms with Crippen LogP contribution in [0.1, 0.15) is 12.8 Å². The maximum absolute atomic E-state index is 12.5. The van der Waals surface area contributed by atoms with Crippen LogP contribution in [0, 0.1) is 0 Å². The second-order valence-electron chi connectivity index (χ2n) is 6.81. The van der Waals surface area contributed by atoms with Crippen molar-refractivity contribution in [2.75, 3.05) is 54.4 Å². The first-order valence-electron chi connectivity index (χ1n) is 9.33. The van der Waals surface area contributed by atoms with Gasteiger partial charge in [-0.15, -0.1) is 0 Å². The van der Waals surface area contributed by atoms with Gasteiger partial charge >= 0.3 is 6.03 Å². The highest BCUT2D eigenvalue weighted by atomic mass is 35.5. The molecule has 0 saturated carbocycles. The zero-order chi connectivity index (χ0) is 18.6. The maximum Gasteiger partial charge on any atom is 0.322 e. The van der Waals surface area contributed by atoms with Crippen LogP contribution in [-0.4, -0.2) is 60.2 Å². The third-order valence-corrected chi connectivity index (χ3v) is 5.40. The van der Waals surface area contributed by atoms with Crippen LogP contribution in [0.5, 0.6) is 0 Å². The molecule has 1 aromatic carbocycles. The second kappa shape index (κ2) is 8.00. The van der Waals surface area contributed by atoms with Gasteiger partial charge in [-0.2, -0.15) is 0 Å². The van der Waals surface area contributed by atoms with Gasteiger partial charge in [-0.1, -0.05) is 23.7 Å². The van der Waals surface area contributed by atoms with Crippen LogP contribution in [0.2, 0.25) is 5.02 Å². The number of amides is 2. The average Bonchev–Trinajstić information content (AvgIpc) is 3.25. The highest BCUT2D eigenvalue weighted by molar-refractivity contribution is 6.33. The van der Waals surface area contributed by atoms with Gasteiger partial charge in [0.15, 0.2) is 0 Å². The van der Waals surface area contributed by atoms with E-state index in [9.17, 15) is 4.79 Å². The molecule has 2 saturated heterocycles. The van der Waals surface area contributed by atoms with E-state index in [1.54, 1.807) is 18.5 Å². The molecule has 1 aromatic heterocycles. The molecule has 27 heavy (non-hydrogen) atoms. The first-order valence-corrected chi connectivity index (χ1v) is 9.71. The lowest BCUT2D eigenvalue weighted by Crippen LogP contribution is -2.50. The first kappa shape index (κ1) is 17.9. The zero-order valence-corrected chi connectivity index (χ0v) is 15.9. The summed E-state index contributed by atoms with van der Waals surface area (Å²) in [6.45, 7) is 4.89. The van der Waals surface area contributed by atoms with Gasteiger partial charge in [-0.3, -0.25) is 0 Å². The number of carbonyl (C=O) groups excluding carboxylic acids is 1. The van der Waals surface area contributed by atoms with Crippen molar-refractivity contribution in [1.82, 2.24) is 14.9 Å². The smallest absolute Gasteiger partial charge is 0.322 e. The molecule has 0 aliphatic carbocycles. The lowest BCUT2D eigenvalue weighted by molar-refractivity contribution is 0.208. The van der Waals surface area contributed by atoms with Crippen molar-refractivity contribution in [2.24, 2.45) is 0 Å². The molecule has 3 heterocycles. The van der Waals surface area contributed by atoms with Crippen molar-refractivity contribution >= 4 is 35.0 Å². The van der Waals surface area contributed by atoms with Crippen molar-refractivity contribution in [2.45, 2.75) is 12.8 Å². The van der Waals surface area contributed by atoms with Gasteiger partial charge in [-0.25, -0.2) is 14.8 Å². The SMILES string of the molecule is O=C(Nc1ccccc1Cl)N1CCN(c2cc(N3CCCC3)ncn2)CC1. The summed E-state index contributed by atoms with van der Waals surface area (Å²) >= 11 is 6.12. The number of nitrogens with zero attached hydrogens (tertiary/aromatic N) is 5. The number of rotatable bonds is 3. The van der Waals surface area contributed by atoms with Crippen LogP contribution < -0.4 is 15.1 Å². The summed E-state index contributed by atoms with van der Waals surface area (Å²) in [6, 6.07) is 9.20. The van der Waals surface area contributed by atoms with E-state index in [1.807, 2.05) is 17.0 Å². The summed E-state index contributed by atoms with van der Waals surface area (Å²) in [5, 5.41) is 3.43. The molecule has 142 valence electrons. The van der Waals surface area contributed by atoms with Gasteiger partial charge in [0.25, 0.3) is 0 Å². The number of halogens is 1. The minimum atomic E-state index is -0.122. The molecule has 1 N–H and O–H groups in total. The lowest BCUT2D eigenvalue weighted by atomic mass is 10.3. The fourth-order valence-corrected chi connectivity index (χ4v) is 3.71. The fourth-order valence-electron chi connectivity index (χ4n) is 3.52. The van der Waals surface area contributed by atoms with Gasteiger partial charge in [0.05, 0.1) is 10.7 Å². The Morgan fingerprint density at radius 1 is 0.926 bits per heavy atom. The number of benzene rings is 1. The summed E-state index contributed by atoms with van der Waals surface area (Å²) in [4.78, 5) is 27.7. The Kier molecular flexibility index (Phi) is 5.29. The highest BCUT2D eigenvalue weighted by Gasteiger charge is 2.23. The molecular formula is C19H23ClN6O. The van der Waals surface area contributed by atoms with Crippen LogP contribution in [0.3, 0.4) is 0 Å². The average molecular weight is 387 g/mol. The fraction of sp³-hybridized carbons (Fsp3) is 0.421. The van der Waals surface area contributed by atoms with Crippen molar-refractivity contribution in [3.8, 4) is 0 Å². The standard InChI is InChI=1S/C19H23ClN6O/c20-15-5-1-2-6-16(15)23-19(27)26-11-9-25(10-12-26)18-13-17(21-14-22-18)24-7-3-4-8-24/h1-2,5-6,13-14H,3-4,7-12H2,(H,23,27). The van der Waals surface area contributed by atoms with E-state index in [2.05, 4.69) is 31.2 Å². The first-order chi connectivity index (χ1) is 13.2. The molecule has 0 spiro atoms. The Bertz CT molecular complexity index is 802. The van der Waals surface area contributed by atoms with Gasteiger partial charge in [0.1, 0.15) is 18.0 Å². The Labute approximate surface area is 163 Å². The van der Waals surface area contributed by atoms with E-state index in [4.69, 9.17) is 11.6 Å². The van der Waals surface area contributed by atoms with E-state index < -0.39 is 0 Å². The predicted octanol–water partition coefficient (Wildman–Crippen LogP) is 3.08. The second-order valence-corrected chi connectivity index (χ2v) is 7.22. The van der Waals surface area contributed by atoms with Crippen LogP contribution in [-0.2, 0) is 0 Å². The molecule has 0 bridgehead atoms. The van der Waals surface area contributed by atoms with E-state index in [-0.39, 0.29) is 6.03 Å². The number of hydrogen-bond acceptors (Lipinski definition) is 5. The number of aromatic nitrogens is 2. The van der Waals surface area contributed by atoms with Gasteiger partial charge in [0.2, 0.25) is 0 Å². The van der Waals surface area contributed by atoms with Gasteiger partial charge in [-0.05, 0) is 25.0 Å².